The minimum atomic E-state index is -0.963. The predicted molar refractivity (Wildman–Crippen MR) is 120 cm³/mol. The van der Waals surface area contributed by atoms with Crippen molar-refractivity contribution in [2.45, 2.75) is 18.6 Å². The van der Waals surface area contributed by atoms with E-state index in [0.29, 0.717) is 17.1 Å². The van der Waals surface area contributed by atoms with Gasteiger partial charge in [0.05, 0.1) is 5.69 Å². The molecule has 0 aliphatic carbocycles. The average molecular weight is 414 g/mol. The number of aromatic nitrogens is 1. The summed E-state index contributed by atoms with van der Waals surface area (Å²) in [5.41, 5.74) is 4.92. The molecule has 4 aromatic rings. The molecule has 1 spiro atoms. The molecule has 2 aliphatic rings. The Hall–Kier alpha value is -3.08. The highest BCUT2D eigenvalue weighted by atomic mass is 35.5. The number of benzene rings is 3. The van der Waals surface area contributed by atoms with E-state index in [1.54, 1.807) is 6.07 Å². The van der Waals surface area contributed by atoms with Gasteiger partial charge in [0.15, 0.2) is 5.66 Å². The summed E-state index contributed by atoms with van der Waals surface area (Å²) in [7, 11) is 0. The Balaban J connectivity index is 1.57. The number of hydrogen-bond donors (Lipinski definition) is 2. The van der Waals surface area contributed by atoms with Gasteiger partial charge in [-0.05, 0) is 41.8 Å². The first-order chi connectivity index (χ1) is 14.7. The topological polar surface area (TPSA) is 48.1 Å². The molecule has 3 heterocycles. The summed E-state index contributed by atoms with van der Waals surface area (Å²) in [5.74, 6) is 0.0448. The smallest absolute Gasteiger partial charge is 0.211 e. The fourth-order valence-electron chi connectivity index (χ4n) is 5.00. The molecule has 3 aromatic carbocycles. The lowest BCUT2D eigenvalue weighted by Crippen LogP contribution is -2.57. The van der Waals surface area contributed by atoms with Gasteiger partial charge in [0.1, 0.15) is 0 Å². The predicted octanol–water partition coefficient (Wildman–Crippen LogP) is 5.34. The summed E-state index contributed by atoms with van der Waals surface area (Å²) in [4.78, 5) is 19.8. The van der Waals surface area contributed by atoms with Crippen LogP contribution in [0.1, 0.15) is 27.2 Å². The van der Waals surface area contributed by atoms with Crippen LogP contribution in [-0.4, -0.2) is 22.2 Å². The number of carbonyl (C=O) groups is 1. The zero-order chi connectivity index (χ0) is 20.3. The van der Waals surface area contributed by atoms with Gasteiger partial charge in [-0.15, -0.1) is 0 Å². The second kappa shape index (κ2) is 6.46. The average Bonchev–Trinajstić information content (AvgIpc) is 3.28. The van der Waals surface area contributed by atoms with E-state index in [9.17, 15) is 4.79 Å². The van der Waals surface area contributed by atoms with Gasteiger partial charge in [0, 0.05) is 40.3 Å². The Morgan fingerprint density at radius 2 is 1.80 bits per heavy atom. The zero-order valence-corrected chi connectivity index (χ0v) is 17.0. The van der Waals surface area contributed by atoms with E-state index in [2.05, 4.69) is 45.5 Å². The molecule has 0 fully saturated rings. The van der Waals surface area contributed by atoms with E-state index in [4.69, 9.17) is 11.6 Å². The van der Waals surface area contributed by atoms with Crippen molar-refractivity contribution >= 4 is 34.0 Å². The first-order valence-corrected chi connectivity index (χ1v) is 10.6. The minimum Gasteiger partial charge on any atom is -0.355 e. The number of Topliss-reactive ketones (excluding diaryl/α,β-unsaturated/α-hetero) is 1. The number of ketones is 1. The van der Waals surface area contributed by atoms with Gasteiger partial charge >= 0.3 is 0 Å². The standard InChI is InChI=1S/C25H20ClN3O/c26-17-10-11-22-20(14-17)24(30)25(28-22)23-19(18-8-4-5-9-21(18)27-23)12-13-29(25)15-16-6-2-1-3-7-16/h1-11,14,27-28H,12-13,15H2. The third kappa shape index (κ3) is 2.41. The maximum atomic E-state index is 14.0. The Kier molecular flexibility index (Phi) is 3.82. The fourth-order valence-corrected chi connectivity index (χ4v) is 5.17. The number of para-hydroxylation sites is 1. The number of anilines is 1. The second-order valence-corrected chi connectivity index (χ2v) is 8.47. The van der Waals surface area contributed by atoms with Gasteiger partial charge < -0.3 is 10.3 Å². The van der Waals surface area contributed by atoms with Crippen LogP contribution in [0.25, 0.3) is 10.9 Å². The molecule has 1 aromatic heterocycles. The molecule has 0 radical (unpaired) electrons. The van der Waals surface area contributed by atoms with Gasteiger partial charge in [-0.25, -0.2) is 0 Å². The van der Waals surface area contributed by atoms with E-state index in [1.807, 2.05) is 36.4 Å². The van der Waals surface area contributed by atoms with Crippen LogP contribution in [0.2, 0.25) is 5.02 Å². The van der Waals surface area contributed by atoms with Gasteiger partial charge in [-0.2, -0.15) is 0 Å². The molecule has 0 saturated carbocycles. The molecule has 2 N–H and O–H groups in total. The van der Waals surface area contributed by atoms with Gasteiger partial charge in [0.2, 0.25) is 5.78 Å². The summed E-state index contributed by atoms with van der Waals surface area (Å²) in [6.07, 6.45) is 0.889. The number of hydrogen-bond acceptors (Lipinski definition) is 3. The zero-order valence-electron chi connectivity index (χ0n) is 16.3. The van der Waals surface area contributed by atoms with Crippen LogP contribution in [0, 0.1) is 0 Å². The van der Waals surface area contributed by atoms with Crippen LogP contribution in [0.3, 0.4) is 0 Å². The summed E-state index contributed by atoms with van der Waals surface area (Å²) in [6.45, 7) is 1.46. The number of nitrogens with one attached hydrogen (secondary N) is 2. The highest BCUT2D eigenvalue weighted by molar-refractivity contribution is 6.31. The number of fused-ring (bicyclic) bond motifs is 5. The maximum Gasteiger partial charge on any atom is 0.211 e. The lowest BCUT2D eigenvalue weighted by molar-refractivity contribution is 0.0564. The third-order valence-electron chi connectivity index (χ3n) is 6.37. The first kappa shape index (κ1) is 17.8. The fraction of sp³-hybridized carbons (Fsp3) is 0.160. The monoisotopic (exact) mass is 413 g/mol. The van der Waals surface area contributed by atoms with Crippen LogP contribution in [0.15, 0.2) is 72.8 Å². The van der Waals surface area contributed by atoms with E-state index in [0.717, 1.165) is 29.9 Å². The number of rotatable bonds is 2. The van der Waals surface area contributed by atoms with Crippen LogP contribution in [0.5, 0.6) is 0 Å². The SMILES string of the molecule is O=C1c2cc(Cl)ccc2NC12c1[nH]c3ccccc3c1CCN2Cc1ccccc1. The van der Waals surface area contributed by atoms with E-state index >= 15 is 0 Å². The molecule has 1 atom stereocenters. The van der Waals surface area contributed by atoms with Crippen molar-refractivity contribution in [1.29, 1.82) is 0 Å². The Morgan fingerprint density at radius 1 is 1.00 bits per heavy atom. The lowest BCUT2D eigenvalue weighted by Gasteiger charge is -2.43. The van der Waals surface area contributed by atoms with E-state index in [-0.39, 0.29) is 5.78 Å². The van der Waals surface area contributed by atoms with Crippen molar-refractivity contribution < 1.29 is 4.79 Å². The molecule has 4 nitrogen and oxygen atoms in total. The van der Waals surface area contributed by atoms with Crippen LogP contribution in [-0.2, 0) is 18.6 Å². The number of halogens is 1. The Bertz CT molecular complexity index is 1300. The molecule has 5 heteroatoms. The number of aromatic amines is 1. The summed E-state index contributed by atoms with van der Waals surface area (Å²) < 4.78 is 0. The van der Waals surface area contributed by atoms with Gasteiger partial charge in [-0.3, -0.25) is 9.69 Å². The number of H-pyrrole nitrogens is 1. The van der Waals surface area contributed by atoms with E-state index < -0.39 is 5.66 Å². The molecular weight excluding hydrogens is 394 g/mol. The van der Waals surface area contributed by atoms with Gasteiger partial charge in [-0.1, -0.05) is 60.1 Å². The Labute approximate surface area is 179 Å². The van der Waals surface area contributed by atoms with Crippen LogP contribution >= 0.6 is 11.6 Å². The van der Waals surface area contributed by atoms with Crippen molar-refractivity contribution in [2.75, 3.05) is 11.9 Å². The first-order valence-electron chi connectivity index (χ1n) is 10.2. The highest BCUT2D eigenvalue weighted by Crippen LogP contribution is 2.47. The van der Waals surface area contributed by atoms with E-state index in [1.165, 1.54) is 16.5 Å². The molecule has 0 amide bonds. The summed E-state index contributed by atoms with van der Waals surface area (Å²) in [6, 6.07) is 24.1. The van der Waals surface area contributed by atoms with Crippen LogP contribution in [0.4, 0.5) is 5.69 Å². The molecule has 148 valence electrons. The molecule has 0 bridgehead atoms. The third-order valence-corrected chi connectivity index (χ3v) is 6.60. The van der Waals surface area contributed by atoms with Gasteiger partial charge in [0.25, 0.3) is 0 Å². The second-order valence-electron chi connectivity index (χ2n) is 8.04. The lowest BCUT2D eigenvalue weighted by atomic mass is 9.88. The Morgan fingerprint density at radius 3 is 2.67 bits per heavy atom. The number of nitrogens with zero attached hydrogens (tertiary/aromatic N) is 1. The highest BCUT2D eigenvalue weighted by Gasteiger charge is 2.55. The van der Waals surface area contributed by atoms with Crippen LogP contribution < -0.4 is 5.32 Å². The van der Waals surface area contributed by atoms with Crippen molar-refractivity contribution in [3.05, 3.63) is 100 Å². The molecule has 2 aliphatic heterocycles. The van der Waals surface area contributed by atoms with Crippen molar-refractivity contribution in [3.63, 3.8) is 0 Å². The minimum absolute atomic E-state index is 0.0448. The number of carbonyl (C=O) groups excluding carboxylic acids is 1. The molecule has 1 unspecified atom stereocenters. The quantitative estimate of drug-likeness (QED) is 0.466. The summed E-state index contributed by atoms with van der Waals surface area (Å²) in [5, 5.41) is 5.36. The summed E-state index contributed by atoms with van der Waals surface area (Å²) >= 11 is 6.25. The van der Waals surface area contributed by atoms with Crippen molar-refractivity contribution in [2.24, 2.45) is 0 Å². The molecule has 6 rings (SSSR count). The van der Waals surface area contributed by atoms with Crippen molar-refractivity contribution in [3.8, 4) is 0 Å². The molecular formula is C25H20ClN3O. The molecule has 0 saturated heterocycles. The largest absolute Gasteiger partial charge is 0.355 e. The normalized spacial score (nSPS) is 20.4. The molecule has 30 heavy (non-hydrogen) atoms. The van der Waals surface area contributed by atoms with Crippen molar-refractivity contribution in [1.82, 2.24) is 9.88 Å². The maximum absolute atomic E-state index is 14.0.